The molecule has 5 nitrogen and oxygen atoms in total. The third-order valence-corrected chi connectivity index (χ3v) is 4.99. The zero-order valence-electron chi connectivity index (χ0n) is 12.7. The van der Waals surface area contributed by atoms with Gasteiger partial charge in [0.1, 0.15) is 5.76 Å². The van der Waals surface area contributed by atoms with E-state index in [0.717, 1.165) is 50.8 Å². The molecule has 1 aliphatic carbocycles. The van der Waals surface area contributed by atoms with E-state index in [1.807, 2.05) is 0 Å². The summed E-state index contributed by atoms with van der Waals surface area (Å²) in [4.78, 5) is 5.15. The van der Waals surface area contributed by atoms with Crippen LogP contribution in [-0.4, -0.2) is 60.4 Å². The molecule has 2 saturated heterocycles. The fraction of sp³-hybridized carbons (Fsp3) is 0.812. The summed E-state index contributed by atoms with van der Waals surface area (Å²) >= 11 is 0. The summed E-state index contributed by atoms with van der Waals surface area (Å²) < 4.78 is 10.9. The van der Waals surface area contributed by atoms with Crippen LogP contribution in [0.15, 0.2) is 10.6 Å². The predicted octanol–water partition coefficient (Wildman–Crippen LogP) is 1.85. The summed E-state index contributed by atoms with van der Waals surface area (Å²) in [7, 11) is 0. The minimum absolute atomic E-state index is 0.661. The summed E-state index contributed by atoms with van der Waals surface area (Å²) in [5, 5.41) is 4.26. The lowest BCUT2D eigenvalue weighted by Gasteiger charge is -2.40. The Bertz CT molecular complexity index is 466. The van der Waals surface area contributed by atoms with Crippen LogP contribution in [0.2, 0.25) is 0 Å². The Balaban J connectivity index is 1.33. The molecule has 116 valence electrons. The van der Waals surface area contributed by atoms with Crippen molar-refractivity contribution in [3.05, 3.63) is 17.5 Å². The number of likely N-dealkylation sites (tertiary alicyclic amines) is 1. The molecule has 1 atom stereocenters. The number of rotatable bonds is 4. The van der Waals surface area contributed by atoms with Crippen molar-refractivity contribution in [3.63, 3.8) is 0 Å². The predicted molar refractivity (Wildman–Crippen MR) is 79.2 cm³/mol. The average Bonchev–Trinajstić information content (AvgIpc) is 3.29. The summed E-state index contributed by atoms with van der Waals surface area (Å²) in [6, 6.07) is 2.87. The molecule has 1 saturated carbocycles. The molecule has 5 heteroatoms. The van der Waals surface area contributed by atoms with E-state index in [9.17, 15) is 0 Å². The molecular weight excluding hydrogens is 266 g/mol. The van der Waals surface area contributed by atoms with Gasteiger partial charge >= 0.3 is 0 Å². The largest absolute Gasteiger partial charge is 0.379 e. The maximum absolute atomic E-state index is 5.47. The maximum Gasteiger partial charge on any atom is 0.140 e. The molecule has 0 aromatic carbocycles. The second-order valence-corrected chi connectivity index (χ2v) is 6.67. The van der Waals surface area contributed by atoms with Gasteiger partial charge in [0, 0.05) is 44.2 Å². The van der Waals surface area contributed by atoms with Crippen LogP contribution in [0.1, 0.15) is 43.1 Å². The second kappa shape index (κ2) is 6.07. The van der Waals surface area contributed by atoms with Gasteiger partial charge in [0.05, 0.1) is 18.9 Å². The lowest BCUT2D eigenvalue weighted by molar-refractivity contribution is -0.00380. The molecule has 0 bridgehead atoms. The van der Waals surface area contributed by atoms with Crippen LogP contribution in [0.3, 0.4) is 0 Å². The Kier molecular flexibility index (Phi) is 3.97. The topological polar surface area (TPSA) is 41.7 Å². The molecule has 4 rings (SSSR count). The van der Waals surface area contributed by atoms with Gasteiger partial charge in [-0.25, -0.2) is 0 Å². The number of ether oxygens (including phenoxy) is 1. The van der Waals surface area contributed by atoms with Crippen LogP contribution in [0.4, 0.5) is 0 Å². The van der Waals surface area contributed by atoms with Gasteiger partial charge in [-0.1, -0.05) is 5.16 Å². The molecule has 1 unspecified atom stereocenters. The number of aromatic nitrogens is 1. The number of hydrogen-bond acceptors (Lipinski definition) is 5. The molecule has 1 aromatic rings. The van der Waals surface area contributed by atoms with E-state index in [1.165, 1.54) is 32.2 Å². The van der Waals surface area contributed by atoms with Crippen LogP contribution in [0, 0.1) is 0 Å². The number of morpholine rings is 1. The van der Waals surface area contributed by atoms with Gasteiger partial charge in [-0.2, -0.15) is 0 Å². The van der Waals surface area contributed by atoms with Gasteiger partial charge in [0.15, 0.2) is 0 Å². The fourth-order valence-corrected chi connectivity index (χ4v) is 3.61. The third-order valence-electron chi connectivity index (χ3n) is 4.99. The summed E-state index contributed by atoms with van der Waals surface area (Å²) in [6.07, 6.45) is 5.16. The first-order chi connectivity index (χ1) is 10.4. The van der Waals surface area contributed by atoms with Crippen molar-refractivity contribution in [1.82, 2.24) is 15.0 Å². The highest BCUT2D eigenvalue weighted by atomic mass is 16.5. The smallest absolute Gasteiger partial charge is 0.140 e. The molecule has 3 fully saturated rings. The Labute approximate surface area is 126 Å². The van der Waals surface area contributed by atoms with E-state index in [0.29, 0.717) is 12.0 Å². The first kappa shape index (κ1) is 13.7. The SMILES string of the molecule is c1c(CN2CCCC(N3CCOCC3)C2)noc1C1CC1. The van der Waals surface area contributed by atoms with Crippen LogP contribution in [-0.2, 0) is 11.3 Å². The Morgan fingerprint density at radius 1 is 1.14 bits per heavy atom. The highest BCUT2D eigenvalue weighted by Gasteiger charge is 2.29. The van der Waals surface area contributed by atoms with Gasteiger partial charge < -0.3 is 9.26 Å². The van der Waals surface area contributed by atoms with E-state index < -0.39 is 0 Å². The fourth-order valence-electron chi connectivity index (χ4n) is 3.61. The highest BCUT2D eigenvalue weighted by Crippen LogP contribution is 2.40. The Hall–Kier alpha value is -0.910. The lowest BCUT2D eigenvalue weighted by Crippen LogP contribution is -2.51. The zero-order valence-corrected chi connectivity index (χ0v) is 12.7. The normalized spacial score (nSPS) is 28.9. The quantitative estimate of drug-likeness (QED) is 0.847. The molecule has 0 spiro atoms. The van der Waals surface area contributed by atoms with Crippen LogP contribution >= 0.6 is 0 Å². The van der Waals surface area contributed by atoms with Crippen molar-refractivity contribution in [2.45, 2.75) is 44.2 Å². The minimum atomic E-state index is 0.661. The molecule has 3 aliphatic rings. The zero-order chi connectivity index (χ0) is 14.1. The minimum Gasteiger partial charge on any atom is -0.379 e. The summed E-state index contributed by atoms with van der Waals surface area (Å²) in [6.45, 7) is 7.26. The Morgan fingerprint density at radius 2 is 2.00 bits per heavy atom. The van der Waals surface area contributed by atoms with Crippen molar-refractivity contribution in [2.24, 2.45) is 0 Å². The maximum atomic E-state index is 5.47. The van der Waals surface area contributed by atoms with Gasteiger partial charge in [-0.05, 0) is 32.2 Å². The van der Waals surface area contributed by atoms with Gasteiger partial charge in [-0.3, -0.25) is 9.80 Å². The molecule has 0 amide bonds. The highest BCUT2D eigenvalue weighted by molar-refractivity contribution is 5.14. The Morgan fingerprint density at radius 3 is 2.81 bits per heavy atom. The van der Waals surface area contributed by atoms with Crippen LogP contribution in [0.5, 0.6) is 0 Å². The van der Waals surface area contributed by atoms with E-state index in [-0.39, 0.29) is 0 Å². The second-order valence-electron chi connectivity index (χ2n) is 6.67. The molecule has 0 radical (unpaired) electrons. The molecule has 21 heavy (non-hydrogen) atoms. The first-order valence-corrected chi connectivity index (χ1v) is 8.38. The van der Waals surface area contributed by atoms with E-state index in [2.05, 4.69) is 21.0 Å². The van der Waals surface area contributed by atoms with E-state index in [1.54, 1.807) is 0 Å². The average molecular weight is 291 g/mol. The van der Waals surface area contributed by atoms with E-state index >= 15 is 0 Å². The van der Waals surface area contributed by atoms with Crippen molar-refractivity contribution in [1.29, 1.82) is 0 Å². The van der Waals surface area contributed by atoms with E-state index in [4.69, 9.17) is 9.26 Å². The van der Waals surface area contributed by atoms with Crippen molar-refractivity contribution < 1.29 is 9.26 Å². The summed E-state index contributed by atoms with van der Waals surface area (Å²) in [5.74, 6) is 1.76. The van der Waals surface area contributed by atoms with Gasteiger partial charge in [0.2, 0.25) is 0 Å². The molecular formula is C16H25N3O2. The molecule has 2 aliphatic heterocycles. The number of nitrogens with zero attached hydrogens (tertiary/aromatic N) is 3. The molecule has 1 aromatic heterocycles. The third kappa shape index (κ3) is 3.30. The van der Waals surface area contributed by atoms with Crippen molar-refractivity contribution >= 4 is 0 Å². The molecule has 0 N–H and O–H groups in total. The number of hydrogen-bond donors (Lipinski definition) is 0. The number of piperidine rings is 1. The van der Waals surface area contributed by atoms with Crippen LogP contribution in [0.25, 0.3) is 0 Å². The van der Waals surface area contributed by atoms with Crippen LogP contribution < -0.4 is 0 Å². The van der Waals surface area contributed by atoms with Gasteiger partial charge in [0.25, 0.3) is 0 Å². The standard InChI is InChI=1S/C16H25N3O2/c1-2-15(19-6-8-20-9-7-19)12-18(5-1)11-14-10-16(21-17-14)13-3-4-13/h10,13,15H,1-9,11-12H2. The van der Waals surface area contributed by atoms with Gasteiger partial charge in [-0.15, -0.1) is 0 Å². The molecule has 3 heterocycles. The monoisotopic (exact) mass is 291 g/mol. The first-order valence-electron chi connectivity index (χ1n) is 8.38. The van der Waals surface area contributed by atoms with Crippen molar-refractivity contribution in [3.8, 4) is 0 Å². The van der Waals surface area contributed by atoms with Crippen molar-refractivity contribution in [2.75, 3.05) is 39.4 Å². The lowest BCUT2D eigenvalue weighted by atomic mass is 10.0. The summed E-state index contributed by atoms with van der Waals surface area (Å²) in [5.41, 5.74) is 1.11.